The van der Waals surface area contributed by atoms with Crippen LogP contribution in [-0.2, 0) is 25.9 Å². The molecule has 0 aromatic carbocycles. The fraction of sp³-hybridized carbons (Fsp3) is 0.577. The number of aromatic nitrogens is 4. The third-order valence-electron chi connectivity index (χ3n) is 7.91. The highest BCUT2D eigenvalue weighted by molar-refractivity contribution is 5.84. The SMILES string of the molecule is O=c1[nH]c2c(c(C3CCC3)nn2CC2CCCN(Cc3cccnc3)C2)c2c1CCCC2. The summed E-state index contributed by atoms with van der Waals surface area (Å²) in [5.74, 6) is 1.13. The normalized spacial score (nSPS) is 22.1. The summed E-state index contributed by atoms with van der Waals surface area (Å²) in [6.07, 6.45) is 14.3. The van der Waals surface area contributed by atoms with Gasteiger partial charge in [0.1, 0.15) is 5.65 Å². The van der Waals surface area contributed by atoms with E-state index in [1.807, 2.05) is 18.5 Å². The van der Waals surface area contributed by atoms with Crippen LogP contribution in [0.5, 0.6) is 0 Å². The second-order valence-corrected chi connectivity index (χ2v) is 10.1. The number of rotatable bonds is 5. The second-order valence-electron chi connectivity index (χ2n) is 10.1. The summed E-state index contributed by atoms with van der Waals surface area (Å²) in [7, 11) is 0. The van der Waals surface area contributed by atoms with Gasteiger partial charge < -0.3 is 4.98 Å². The molecule has 0 radical (unpaired) electrons. The van der Waals surface area contributed by atoms with Crippen molar-refractivity contribution in [2.75, 3.05) is 13.1 Å². The van der Waals surface area contributed by atoms with Crippen LogP contribution in [0.2, 0.25) is 0 Å². The summed E-state index contributed by atoms with van der Waals surface area (Å²) in [6.45, 7) is 4.07. The lowest BCUT2D eigenvalue weighted by atomic mass is 9.80. The number of piperidine rings is 1. The molecule has 1 aliphatic heterocycles. The molecular weight excluding hydrogens is 398 g/mol. The van der Waals surface area contributed by atoms with Crippen LogP contribution in [0.3, 0.4) is 0 Å². The van der Waals surface area contributed by atoms with Crippen LogP contribution in [0, 0.1) is 5.92 Å². The molecule has 6 heteroatoms. The third kappa shape index (κ3) is 3.68. The smallest absolute Gasteiger partial charge is 0.253 e. The Morgan fingerprint density at radius 3 is 2.72 bits per heavy atom. The molecule has 0 amide bonds. The lowest BCUT2D eigenvalue weighted by Gasteiger charge is -2.32. The van der Waals surface area contributed by atoms with Gasteiger partial charge in [-0.1, -0.05) is 12.5 Å². The van der Waals surface area contributed by atoms with Gasteiger partial charge in [-0.3, -0.25) is 14.7 Å². The zero-order valence-corrected chi connectivity index (χ0v) is 18.9. The maximum Gasteiger partial charge on any atom is 0.253 e. The molecule has 2 fully saturated rings. The Morgan fingerprint density at radius 2 is 1.94 bits per heavy atom. The maximum absolute atomic E-state index is 12.9. The number of hydrogen-bond acceptors (Lipinski definition) is 4. The molecule has 1 unspecified atom stereocenters. The molecule has 1 saturated heterocycles. The minimum absolute atomic E-state index is 0.121. The van der Waals surface area contributed by atoms with E-state index in [2.05, 4.69) is 25.6 Å². The van der Waals surface area contributed by atoms with Gasteiger partial charge in [-0.15, -0.1) is 0 Å². The standard InChI is InChI=1S/C26H33N5O/c32-26-22-11-2-1-10-21(22)23-24(20-8-3-9-20)29-31(25(23)28-26)17-19-7-5-13-30(16-19)15-18-6-4-12-27-14-18/h4,6,12,14,19-20H,1-3,5,7-11,13,15-17H2,(H,28,32). The van der Waals surface area contributed by atoms with Gasteiger partial charge in [0.05, 0.1) is 5.69 Å². The van der Waals surface area contributed by atoms with Crippen molar-refractivity contribution in [3.8, 4) is 0 Å². The van der Waals surface area contributed by atoms with Crippen molar-refractivity contribution in [3.63, 3.8) is 0 Å². The first-order chi connectivity index (χ1) is 15.8. The zero-order chi connectivity index (χ0) is 21.5. The molecule has 0 bridgehead atoms. The van der Waals surface area contributed by atoms with E-state index in [9.17, 15) is 4.79 Å². The topological polar surface area (TPSA) is 66.8 Å². The van der Waals surface area contributed by atoms with Crippen molar-refractivity contribution in [2.45, 2.75) is 76.8 Å². The summed E-state index contributed by atoms with van der Waals surface area (Å²) in [5, 5.41) is 6.48. The van der Waals surface area contributed by atoms with Gasteiger partial charge >= 0.3 is 0 Å². The number of fused-ring (bicyclic) bond motifs is 3. The average molecular weight is 432 g/mol. The van der Waals surface area contributed by atoms with E-state index in [-0.39, 0.29) is 5.56 Å². The summed E-state index contributed by atoms with van der Waals surface area (Å²) >= 11 is 0. The van der Waals surface area contributed by atoms with Gasteiger partial charge in [0, 0.05) is 48.9 Å². The molecule has 6 rings (SSSR count). The van der Waals surface area contributed by atoms with Crippen LogP contribution >= 0.6 is 0 Å². The molecule has 3 aromatic heterocycles. The number of aryl methyl sites for hydroxylation is 1. The van der Waals surface area contributed by atoms with Crippen molar-refractivity contribution in [1.29, 1.82) is 0 Å². The van der Waals surface area contributed by atoms with E-state index >= 15 is 0 Å². The van der Waals surface area contributed by atoms with Gasteiger partial charge in [0.15, 0.2) is 0 Å². The number of pyridine rings is 2. The van der Waals surface area contributed by atoms with E-state index in [0.717, 1.165) is 56.7 Å². The number of nitrogens with zero attached hydrogens (tertiary/aromatic N) is 4. The first kappa shape index (κ1) is 20.2. The zero-order valence-electron chi connectivity index (χ0n) is 18.9. The molecule has 32 heavy (non-hydrogen) atoms. The Kier molecular flexibility index (Phi) is 5.34. The van der Waals surface area contributed by atoms with Gasteiger partial charge in [-0.05, 0) is 81.0 Å². The second kappa shape index (κ2) is 8.47. The molecule has 2 aliphatic carbocycles. The highest BCUT2D eigenvalue weighted by Gasteiger charge is 2.30. The lowest BCUT2D eigenvalue weighted by Crippen LogP contribution is -2.36. The molecule has 0 spiro atoms. The molecule has 3 aromatic rings. The predicted octanol–water partition coefficient (Wildman–Crippen LogP) is 4.18. The van der Waals surface area contributed by atoms with Gasteiger partial charge in [0.25, 0.3) is 5.56 Å². The highest BCUT2D eigenvalue weighted by Crippen LogP contribution is 2.41. The number of nitrogens with one attached hydrogen (secondary N) is 1. The van der Waals surface area contributed by atoms with Gasteiger partial charge in [-0.25, -0.2) is 4.68 Å². The van der Waals surface area contributed by atoms with E-state index < -0.39 is 0 Å². The quantitative estimate of drug-likeness (QED) is 0.658. The van der Waals surface area contributed by atoms with Crippen molar-refractivity contribution in [2.24, 2.45) is 5.92 Å². The summed E-state index contributed by atoms with van der Waals surface area (Å²) in [4.78, 5) is 23.0. The fourth-order valence-corrected chi connectivity index (χ4v) is 6.06. The molecule has 6 nitrogen and oxygen atoms in total. The molecule has 1 saturated carbocycles. The van der Waals surface area contributed by atoms with Gasteiger partial charge in [0.2, 0.25) is 0 Å². The first-order valence-electron chi connectivity index (χ1n) is 12.5. The Morgan fingerprint density at radius 1 is 1.06 bits per heavy atom. The molecular formula is C26H33N5O. The fourth-order valence-electron chi connectivity index (χ4n) is 6.06. The highest BCUT2D eigenvalue weighted by atomic mass is 16.1. The maximum atomic E-state index is 12.9. The third-order valence-corrected chi connectivity index (χ3v) is 7.91. The molecule has 168 valence electrons. The number of likely N-dealkylation sites (tertiary alicyclic amines) is 1. The van der Waals surface area contributed by atoms with Crippen LogP contribution in [0.4, 0.5) is 0 Å². The van der Waals surface area contributed by atoms with Gasteiger partial charge in [-0.2, -0.15) is 5.10 Å². The number of H-pyrrole nitrogens is 1. The van der Waals surface area contributed by atoms with E-state index in [1.165, 1.54) is 60.7 Å². The van der Waals surface area contributed by atoms with Crippen LogP contribution in [-0.4, -0.2) is 37.7 Å². The monoisotopic (exact) mass is 431 g/mol. The van der Waals surface area contributed by atoms with Crippen LogP contribution in [0.15, 0.2) is 29.3 Å². The Balaban J connectivity index is 1.30. The van der Waals surface area contributed by atoms with E-state index in [4.69, 9.17) is 5.10 Å². The minimum atomic E-state index is 0.121. The van der Waals surface area contributed by atoms with Crippen molar-refractivity contribution in [3.05, 3.63) is 57.3 Å². The number of aromatic amines is 1. The predicted molar refractivity (Wildman–Crippen MR) is 126 cm³/mol. The summed E-state index contributed by atoms with van der Waals surface area (Å²) in [6, 6.07) is 4.18. The molecule has 4 heterocycles. The van der Waals surface area contributed by atoms with E-state index in [0.29, 0.717) is 11.8 Å². The average Bonchev–Trinajstić information content (AvgIpc) is 3.11. The minimum Gasteiger partial charge on any atom is -0.307 e. The van der Waals surface area contributed by atoms with Crippen LogP contribution < -0.4 is 5.56 Å². The largest absolute Gasteiger partial charge is 0.307 e. The van der Waals surface area contributed by atoms with Crippen molar-refractivity contribution >= 4 is 11.0 Å². The number of hydrogen-bond donors (Lipinski definition) is 1. The van der Waals surface area contributed by atoms with Crippen molar-refractivity contribution < 1.29 is 0 Å². The van der Waals surface area contributed by atoms with E-state index in [1.54, 1.807) is 0 Å². The Bertz CT molecular complexity index is 1160. The first-order valence-corrected chi connectivity index (χ1v) is 12.5. The Hall–Kier alpha value is -2.47. The lowest BCUT2D eigenvalue weighted by molar-refractivity contribution is 0.153. The van der Waals surface area contributed by atoms with Crippen LogP contribution in [0.25, 0.3) is 11.0 Å². The van der Waals surface area contributed by atoms with Crippen molar-refractivity contribution in [1.82, 2.24) is 24.6 Å². The molecule has 3 aliphatic rings. The molecule has 1 atom stereocenters. The van der Waals surface area contributed by atoms with Crippen LogP contribution in [0.1, 0.15) is 73.2 Å². The Labute approximate surface area is 189 Å². The summed E-state index contributed by atoms with van der Waals surface area (Å²) < 4.78 is 2.16. The summed E-state index contributed by atoms with van der Waals surface area (Å²) in [5.41, 5.74) is 6.00. The molecule has 1 N–H and O–H groups in total.